The molecule has 3 N–H and O–H groups in total. The fraction of sp³-hybridized carbons (Fsp3) is 0.292. The summed E-state index contributed by atoms with van der Waals surface area (Å²) in [5.74, 6) is -1.04. The Morgan fingerprint density at radius 2 is 1.88 bits per heavy atom. The minimum Gasteiger partial charge on any atom is -0.481 e. The van der Waals surface area contributed by atoms with Gasteiger partial charge in [-0.15, -0.1) is 0 Å². The van der Waals surface area contributed by atoms with E-state index in [9.17, 15) is 14.7 Å². The normalized spacial score (nSPS) is 18.8. The molecule has 1 aromatic carbocycles. The van der Waals surface area contributed by atoms with E-state index in [0.29, 0.717) is 42.6 Å². The maximum atomic E-state index is 12.5. The highest BCUT2D eigenvalue weighted by atomic mass is 16.4. The predicted octanol–water partition coefficient (Wildman–Crippen LogP) is 4.09. The summed E-state index contributed by atoms with van der Waals surface area (Å²) in [6, 6.07) is 9.90. The molecular formula is C24H23N5O3. The molecule has 1 aliphatic rings. The maximum absolute atomic E-state index is 12.5. The van der Waals surface area contributed by atoms with Gasteiger partial charge in [-0.1, -0.05) is 18.2 Å². The van der Waals surface area contributed by atoms with Crippen LogP contribution in [0.2, 0.25) is 0 Å². The summed E-state index contributed by atoms with van der Waals surface area (Å²) < 4.78 is 1.51. The Kier molecular flexibility index (Phi) is 4.84. The number of aromatic nitrogens is 4. The van der Waals surface area contributed by atoms with E-state index in [4.69, 9.17) is 10.7 Å². The third-order valence-corrected chi connectivity index (χ3v) is 6.43. The number of Topliss-reactive ketones (excluding diaryl/α,β-unsaturated/α-hetero) is 1. The van der Waals surface area contributed by atoms with Gasteiger partial charge >= 0.3 is 5.97 Å². The van der Waals surface area contributed by atoms with Gasteiger partial charge in [0.15, 0.2) is 11.4 Å². The molecule has 3 aromatic heterocycles. The van der Waals surface area contributed by atoms with Crippen LogP contribution in [-0.2, 0) is 4.79 Å². The Morgan fingerprint density at radius 1 is 1.12 bits per heavy atom. The lowest BCUT2D eigenvalue weighted by atomic mass is 9.79. The highest BCUT2D eigenvalue weighted by Gasteiger charge is 2.31. The monoisotopic (exact) mass is 429 g/mol. The van der Waals surface area contributed by atoms with Crippen molar-refractivity contribution < 1.29 is 14.7 Å². The van der Waals surface area contributed by atoms with E-state index in [1.54, 1.807) is 12.4 Å². The van der Waals surface area contributed by atoms with E-state index in [0.717, 1.165) is 22.0 Å². The average Bonchev–Trinajstić information content (AvgIpc) is 3.23. The third-order valence-electron chi connectivity index (χ3n) is 6.43. The van der Waals surface area contributed by atoms with Gasteiger partial charge in [-0.2, -0.15) is 9.61 Å². The standard InChI is InChI=1S/C24H23N5O3/c1-13(30)20-21(14-6-8-15(9-7-14)24(31)32)28-23-18(12-27-29(23)22(20)25)17-10-16-4-2-3-5-19(16)26-11-17/h2-5,10-12,14-15H,6-9,25H2,1H3,(H,31,32). The lowest BCUT2D eigenvalue weighted by Crippen LogP contribution is -2.23. The number of pyridine rings is 1. The number of anilines is 1. The van der Waals surface area contributed by atoms with Gasteiger partial charge in [0, 0.05) is 28.6 Å². The molecule has 8 nitrogen and oxygen atoms in total. The van der Waals surface area contributed by atoms with Gasteiger partial charge in [-0.25, -0.2) is 4.98 Å². The molecular weight excluding hydrogens is 406 g/mol. The summed E-state index contributed by atoms with van der Waals surface area (Å²) in [4.78, 5) is 33.3. The summed E-state index contributed by atoms with van der Waals surface area (Å²) >= 11 is 0. The van der Waals surface area contributed by atoms with Crippen LogP contribution in [0.1, 0.15) is 54.6 Å². The summed E-state index contributed by atoms with van der Waals surface area (Å²) in [6.45, 7) is 1.48. The van der Waals surface area contributed by atoms with E-state index < -0.39 is 5.97 Å². The van der Waals surface area contributed by atoms with Crippen LogP contribution < -0.4 is 5.73 Å². The molecule has 3 heterocycles. The fourth-order valence-electron chi connectivity index (χ4n) is 4.72. The van der Waals surface area contributed by atoms with Crippen LogP contribution in [0, 0.1) is 5.92 Å². The zero-order valence-corrected chi connectivity index (χ0v) is 17.7. The number of carboxylic acid groups (broad SMARTS) is 1. The lowest BCUT2D eigenvalue weighted by Gasteiger charge is -2.27. The summed E-state index contributed by atoms with van der Waals surface area (Å²) in [5, 5.41) is 14.7. The molecule has 0 amide bonds. The molecule has 0 saturated heterocycles. The number of carbonyl (C=O) groups excluding carboxylic acids is 1. The molecule has 32 heavy (non-hydrogen) atoms. The molecule has 0 spiro atoms. The zero-order valence-electron chi connectivity index (χ0n) is 17.7. The quantitative estimate of drug-likeness (QED) is 0.468. The number of nitrogens with zero attached hydrogens (tertiary/aromatic N) is 4. The largest absolute Gasteiger partial charge is 0.481 e. The summed E-state index contributed by atoms with van der Waals surface area (Å²) in [5.41, 5.74) is 10.5. The second kappa shape index (κ2) is 7.71. The van der Waals surface area contributed by atoms with Gasteiger partial charge in [0.25, 0.3) is 0 Å². The van der Waals surface area contributed by atoms with E-state index in [1.807, 2.05) is 30.3 Å². The average molecular weight is 429 g/mol. The Morgan fingerprint density at radius 3 is 2.59 bits per heavy atom. The van der Waals surface area contributed by atoms with Crippen LogP contribution in [0.3, 0.4) is 0 Å². The number of benzene rings is 1. The van der Waals surface area contributed by atoms with Crippen molar-refractivity contribution in [3.63, 3.8) is 0 Å². The van der Waals surface area contributed by atoms with E-state index in [1.165, 1.54) is 11.4 Å². The number of nitrogen functional groups attached to an aromatic ring is 1. The molecule has 8 heteroatoms. The first-order valence-corrected chi connectivity index (χ1v) is 10.7. The second-order valence-corrected chi connectivity index (χ2v) is 8.41. The first-order chi connectivity index (χ1) is 15.4. The predicted molar refractivity (Wildman–Crippen MR) is 120 cm³/mol. The van der Waals surface area contributed by atoms with Crippen molar-refractivity contribution in [1.29, 1.82) is 0 Å². The maximum Gasteiger partial charge on any atom is 0.306 e. The Bertz CT molecular complexity index is 1370. The lowest BCUT2D eigenvalue weighted by molar-refractivity contribution is -0.142. The van der Waals surface area contributed by atoms with Crippen molar-refractivity contribution in [1.82, 2.24) is 19.6 Å². The number of para-hydroxylation sites is 1. The van der Waals surface area contributed by atoms with E-state index in [2.05, 4.69) is 10.1 Å². The van der Waals surface area contributed by atoms with Crippen LogP contribution in [0.4, 0.5) is 5.82 Å². The minimum atomic E-state index is -0.764. The smallest absolute Gasteiger partial charge is 0.306 e. The van der Waals surface area contributed by atoms with E-state index >= 15 is 0 Å². The molecule has 1 fully saturated rings. The molecule has 0 radical (unpaired) electrons. The summed E-state index contributed by atoms with van der Waals surface area (Å²) in [6.07, 6.45) is 5.91. The van der Waals surface area contributed by atoms with Gasteiger partial charge in [0.05, 0.1) is 28.9 Å². The van der Waals surface area contributed by atoms with Gasteiger partial charge in [0.2, 0.25) is 0 Å². The van der Waals surface area contributed by atoms with Crippen molar-refractivity contribution in [3.05, 3.63) is 54.0 Å². The number of carboxylic acids is 1. The molecule has 1 aliphatic carbocycles. The van der Waals surface area contributed by atoms with Gasteiger partial charge in [-0.3, -0.25) is 14.6 Å². The van der Waals surface area contributed by atoms with Crippen molar-refractivity contribution in [2.45, 2.75) is 38.5 Å². The van der Waals surface area contributed by atoms with Crippen LogP contribution in [0.5, 0.6) is 0 Å². The second-order valence-electron chi connectivity index (χ2n) is 8.41. The van der Waals surface area contributed by atoms with Crippen molar-refractivity contribution in [2.75, 3.05) is 5.73 Å². The Balaban J connectivity index is 1.64. The highest BCUT2D eigenvalue weighted by Crippen LogP contribution is 2.39. The molecule has 0 atom stereocenters. The van der Waals surface area contributed by atoms with Crippen LogP contribution in [-0.4, -0.2) is 36.4 Å². The number of hydrogen-bond donors (Lipinski definition) is 2. The van der Waals surface area contributed by atoms with Crippen LogP contribution >= 0.6 is 0 Å². The Hall–Kier alpha value is -3.81. The number of rotatable bonds is 4. The van der Waals surface area contributed by atoms with Crippen molar-refractivity contribution in [3.8, 4) is 11.1 Å². The summed E-state index contributed by atoms with van der Waals surface area (Å²) in [7, 11) is 0. The molecule has 0 bridgehead atoms. The number of fused-ring (bicyclic) bond motifs is 2. The van der Waals surface area contributed by atoms with E-state index in [-0.39, 0.29) is 23.4 Å². The molecule has 0 unspecified atom stereocenters. The van der Waals surface area contributed by atoms with Gasteiger partial charge < -0.3 is 10.8 Å². The number of carbonyl (C=O) groups is 2. The van der Waals surface area contributed by atoms with Crippen molar-refractivity contribution in [2.24, 2.45) is 5.92 Å². The van der Waals surface area contributed by atoms with Gasteiger partial charge in [-0.05, 0) is 44.7 Å². The fourth-order valence-corrected chi connectivity index (χ4v) is 4.72. The van der Waals surface area contributed by atoms with Crippen LogP contribution in [0.25, 0.3) is 27.7 Å². The van der Waals surface area contributed by atoms with Crippen molar-refractivity contribution >= 4 is 34.1 Å². The number of nitrogens with two attached hydrogens (primary N) is 1. The number of hydrogen-bond acceptors (Lipinski definition) is 6. The van der Waals surface area contributed by atoms with Gasteiger partial charge in [0.1, 0.15) is 5.82 Å². The zero-order chi connectivity index (χ0) is 22.4. The molecule has 4 aromatic rings. The molecule has 0 aliphatic heterocycles. The molecule has 1 saturated carbocycles. The number of aliphatic carboxylic acids is 1. The first-order valence-electron chi connectivity index (χ1n) is 10.7. The first kappa shape index (κ1) is 20.1. The highest BCUT2D eigenvalue weighted by molar-refractivity contribution is 6.00. The molecule has 162 valence electrons. The Labute approximate surface area is 184 Å². The number of ketones is 1. The van der Waals surface area contributed by atoms with Crippen LogP contribution in [0.15, 0.2) is 42.7 Å². The third kappa shape index (κ3) is 3.28. The molecule has 5 rings (SSSR count). The topological polar surface area (TPSA) is 123 Å². The minimum absolute atomic E-state index is 0.0192. The SMILES string of the molecule is CC(=O)c1c(C2CCC(C(=O)O)CC2)nc2c(-c3cnc4ccccc4c3)cnn2c1N.